The van der Waals surface area contributed by atoms with Gasteiger partial charge in [0, 0.05) is 11.4 Å². The van der Waals surface area contributed by atoms with E-state index in [1.165, 1.54) is 12.8 Å². The summed E-state index contributed by atoms with van der Waals surface area (Å²) in [5.74, 6) is 0.680. The number of carbonyl (C=O) groups is 2. The molecule has 2 fully saturated rings. The Hall–Kier alpha value is -2.08. The maximum absolute atomic E-state index is 11.8. The lowest BCUT2D eigenvalue weighted by molar-refractivity contribution is -0.115. The number of rotatable bonds is 6. The van der Waals surface area contributed by atoms with Gasteiger partial charge in [0.1, 0.15) is 6.61 Å². The van der Waals surface area contributed by atoms with E-state index in [0.29, 0.717) is 25.4 Å². The summed E-state index contributed by atoms with van der Waals surface area (Å²) in [5.41, 5.74) is 1.42. The molecule has 1 saturated heterocycles. The Morgan fingerprint density at radius 3 is 2.95 bits per heavy atom. The first kappa shape index (κ1) is 13.9. The van der Waals surface area contributed by atoms with Crippen molar-refractivity contribution in [1.29, 1.82) is 0 Å². The van der Waals surface area contributed by atoms with E-state index in [2.05, 4.69) is 10.6 Å². The molecule has 1 aromatic rings. The molecule has 1 aromatic carbocycles. The van der Waals surface area contributed by atoms with Crippen molar-refractivity contribution < 1.29 is 14.3 Å². The average Bonchev–Trinajstić information content (AvgIpc) is 3.19. The molecule has 1 aliphatic carbocycles. The van der Waals surface area contributed by atoms with Crippen molar-refractivity contribution in [2.45, 2.75) is 12.8 Å². The number of carbonyl (C=O) groups excluding carboxylic acids is 2. The Labute approximate surface area is 123 Å². The summed E-state index contributed by atoms with van der Waals surface area (Å²) < 4.78 is 4.91. The van der Waals surface area contributed by atoms with Gasteiger partial charge in [-0.1, -0.05) is 6.07 Å². The topological polar surface area (TPSA) is 70.7 Å². The summed E-state index contributed by atoms with van der Waals surface area (Å²) in [6, 6.07) is 7.23. The molecule has 6 heteroatoms. The SMILES string of the molecule is O=C(CNCC1CC1)Nc1cccc(N2CCOC2=O)c1. The molecule has 1 saturated carbocycles. The average molecular weight is 289 g/mol. The summed E-state index contributed by atoms with van der Waals surface area (Å²) in [6.45, 7) is 2.17. The third kappa shape index (κ3) is 3.72. The van der Waals surface area contributed by atoms with Crippen molar-refractivity contribution in [2.24, 2.45) is 5.92 Å². The summed E-state index contributed by atoms with van der Waals surface area (Å²) in [6.07, 6.45) is 2.19. The van der Waals surface area contributed by atoms with E-state index >= 15 is 0 Å². The second kappa shape index (κ2) is 6.13. The second-order valence-electron chi connectivity index (χ2n) is 5.44. The van der Waals surface area contributed by atoms with Crippen LogP contribution in [0, 0.1) is 5.92 Å². The van der Waals surface area contributed by atoms with Gasteiger partial charge in [0.05, 0.1) is 13.1 Å². The zero-order valence-electron chi connectivity index (χ0n) is 11.8. The highest BCUT2D eigenvalue weighted by atomic mass is 16.6. The largest absolute Gasteiger partial charge is 0.447 e. The van der Waals surface area contributed by atoms with Gasteiger partial charge in [-0.05, 0) is 43.5 Å². The first-order valence-electron chi connectivity index (χ1n) is 7.27. The number of hydrogen-bond acceptors (Lipinski definition) is 4. The molecule has 3 rings (SSSR count). The molecular weight excluding hydrogens is 270 g/mol. The Kier molecular flexibility index (Phi) is 4.06. The number of ether oxygens (including phenoxy) is 1. The van der Waals surface area contributed by atoms with E-state index in [0.717, 1.165) is 18.2 Å². The molecule has 0 atom stereocenters. The molecule has 2 aliphatic rings. The van der Waals surface area contributed by atoms with Gasteiger partial charge in [0.2, 0.25) is 5.91 Å². The summed E-state index contributed by atoms with van der Waals surface area (Å²) in [4.78, 5) is 24.9. The number of anilines is 2. The molecule has 0 spiro atoms. The molecule has 0 unspecified atom stereocenters. The maximum Gasteiger partial charge on any atom is 0.414 e. The fourth-order valence-electron chi connectivity index (χ4n) is 2.30. The zero-order chi connectivity index (χ0) is 14.7. The van der Waals surface area contributed by atoms with E-state index in [1.807, 2.05) is 18.2 Å². The van der Waals surface area contributed by atoms with Crippen molar-refractivity contribution >= 4 is 23.4 Å². The van der Waals surface area contributed by atoms with Crippen LogP contribution in [0.15, 0.2) is 24.3 Å². The Morgan fingerprint density at radius 2 is 2.24 bits per heavy atom. The van der Waals surface area contributed by atoms with Crippen molar-refractivity contribution in [3.63, 3.8) is 0 Å². The maximum atomic E-state index is 11.8. The second-order valence-corrected chi connectivity index (χ2v) is 5.44. The molecule has 0 bridgehead atoms. The monoisotopic (exact) mass is 289 g/mol. The van der Waals surface area contributed by atoms with Crippen LogP contribution < -0.4 is 15.5 Å². The van der Waals surface area contributed by atoms with Crippen molar-refractivity contribution in [3.8, 4) is 0 Å². The first-order chi connectivity index (χ1) is 10.2. The highest BCUT2D eigenvalue weighted by Gasteiger charge is 2.23. The molecule has 1 aliphatic heterocycles. The minimum atomic E-state index is -0.343. The summed E-state index contributed by atoms with van der Waals surface area (Å²) in [5, 5.41) is 5.98. The van der Waals surface area contributed by atoms with Crippen LogP contribution in [-0.4, -0.2) is 38.2 Å². The fraction of sp³-hybridized carbons (Fsp3) is 0.467. The Bertz CT molecular complexity index is 543. The Balaban J connectivity index is 1.54. The van der Waals surface area contributed by atoms with Crippen molar-refractivity contribution in [2.75, 3.05) is 36.5 Å². The molecule has 112 valence electrons. The van der Waals surface area contributed by atoms with Crippen LogP contribution in [0.1, 0.15) is 12.8 Å². The van der Waals surface area contributed by atoms with Crippen LogP contribution in [-0.2, 0) is 9.53 Å². The lowest BCUT2D eigenvalue weighted by Gasteiger charge is -2.14. The quantitative estimate of drug-likeness (QED) is 0.834. The molecule has 2 amide bonds. The van der Waals surface area contributed by atoms with Crippen LogP contribution in [0.4, 0.5) is 16.2 Å². The van der Waals surface area contributed by atoms with Crippen LogP contribution in [0.25, 0.3) is 0 Å². The highest BCUT2D eigenvalue weighted by molar-refractivity contribution is 5.94. The van der Waals surface area contributed by atoms with Gasteiger partial charge in [-0.25, -0.2) is 4.79 Å². The van der Waals surface area contributed by atoms with E-state index in [1.54, 1.807) is 11.0 Å². The van der Waals surface area contributed by atoms with Crippen LogP contribution in [0.5, 0.6) is 0 Å². The van der Waals surface area contributed by atoms with Gasteiger partial charge in [0.25, 0.3) is 0 Å². The summed E-state index contributed by atoms with van der Waals surface area (Å²) >= 11 is 0. The van der Waals surface area contributed by atoms with Crippen molar-refractivity contribution in [3.05, 3.63) is 24.3 Å². The van der Waals surface area contributed by atoms with Gasteiger partial charge in [-0.2, -0.15) is 0 Å². The van der Waals surface area contributed by atoms with E-state index in [9.17, 15) is 9.59 Å². The lowest BCUT2D eigenvalue weighted by Crippen LogP contribution is -2.29. The zero-order valence-corrected chi connectivity index (χ0v) is 11.8. The predicted octanol–water partition coefficient (Wildman–Crippen LogP) is 1.58. The number of nitrogens with zero attached hydrogens (tertiary/aromatic N) is 1. The van der Waals surface area contributed by atoms with Crippen LogP contribution in [0.3, 0.4) is 0 Å². The third-order valence-corrected chi connectivity index (χ3v) is 3.62. The minimum absolute atomic E-state index is 0.0724. The molecule has 21 heavy (non-hydrogen) atoms. The number of amides is 2. The van der Waals surface area contributed by atoms with E-state index < -0.39 is 0 Å². The number of benzene rings is 1. The van der Waals surface area contributed by atoms with Gasteiger partial charge in [-0.3, -0.25) is 9.69 Å². The number of nitrogens with one attached hydrogen (secondary N) is 2. The molecule has 6 nitrogen and oxygen atoms in total. The number of hydrogen-bond donors (Lipinski definition) is 2. The van der Waals surface area contributed by atoms with Crippen molar-refractivity contribution in [1.82, 2.24) is 5.32 Å². The highest BCUT2D eigenvalue weighted by Crippen LogP contribution is 2.27. The molecule has 2 N–H and O–H groups in total. The van der Waals surface area contributed by atoms with Crippen LogP contribution >= 0.6 is 0 Å². The molecule has 0 aromatic heterocycles. The van der Waals surface area contributed by atoms with E-state index in [4.69, 9.17) is 4.74 Å². The predicted molar refractivity (Wildman–Crippen MR) is 79.4 cm³/mol. The third-order valence-electron chi connectivity index (χ3n) is 3.62. The molecular formula is C15H19N3O3. The van der Waals surface area contributed by atoms with Gasteiger partial charge in [0.15, 0.2) is 0 Å². The van der Waals surface area contributed by atoms with Gasteiger partial charge in [-0.15, -0.1) is 0 Å². The smallest absolute Gasteiger partial charge is 0.414 e. The molecule has 1 heterocycles. The lowest BCUT2D eigenvalue weighted by atomic mass is 10.2. The van der Waals surface area contributed by atoms with E-state index in [-0.39, 0.29) is 12.0 Å². The number of cyclic esters (lactones) is 1. The standard InChI is InChI=1S/C15H19N3O3/c19-14(10-16-9-11-4-5-11)17-12-2-1-3-13(8-12)18-6-7-21-15(18)20/h1-3,8,11,16H,4-7,9-10H2,(H,17,19). The van der Waals surface area contributed by atoms with Gasteiger partial charge < -0.3 is 15.4 Å². The summed E-state index contributed by atoms with van der Waals surface area (Å²) in [7, 11) is 0. The minimum Gasteiger partial charge on any atom is -0.447 e. The fourth-order valence-corrected chi connectivity index (χ4v) is 2.30. The first-order valence-corrected chi connectivity index (χ1v) is 7.27. The van der Waals surface area contributed by atoms with Gasteiger partial charge >= 0.3 is 6.09 Å². The van der Waals surface area contributed by atoms with Crippen LogP contribution in [0.2, 0.25) is 0 Å². The Morgan fingerprint density at radius 1 is 1.38 bits per heavy atom. The molecule has 0 radical (unpaired) electrons. The normalized spacial score (nSPS) is 17.7.